The van der Waals surface area contributed by atoms with Gasteiger partial charge in [-0.25, -0.2) is 0 Å². The summed E-state index contributed by atoms with van der Waals surface area (Å²) < 4.78 is 12.7. The van der Waals surface area contributed by atoms with Crippen molar-refractivity contribution in [2.75, 3.05) is 6.61 Å². The average Bonchev–Trinajstić information content (AvgIpc) is 3.78. The molecule has 11 rings (SSSR count). The van der Waals surface area contributed by atoms with Crippen LogP contribution < -0.4 is 5.46 Å². The first-order chi connectivity index (χ1) is 24.1. The second-order valence-corrected chi connectivity index (χ2v) is 14.3. The summed E-state index contributed by atoms with van der Waals surface area (Å²) in [5, 5.41) is 18.1. The Morgan fingerprint density at radius 1 is 0.449 bits per heavy atom. The van der Waals surface area contributed by atoms with Crippen LogP contribution in [0.2, 0.25) is 0 Å². The molecule has 0 spiro atoms. The molecule has 1 fully saturated rings. The Bertz CT molecular complexity index is 2780. The van der Waals surface area contributed by atoms with Gasteiger partial charge in [0.25, 0.3) is 0 Å². The molecule has 0 atom stereocenters. The fourth-order valence-electron chi connectivity index (χ4n) is 8.96. The second-order valence-electron chi connectivity index (χ2n) is 14.3. The van der Waals surface area contributed by atoms with Gasteiger partial charge in [0.15, 0.2) is 0 Å². The molecule has 1 heterocycles. The highest BCUT2D eigenvalue weighted by molar-refractivity contribution is 6.66. The van der Waals surface area contributed by atoms with Gasteiger partial charge in [0.2, 0.25) is 0 Å². The first-order valence-electron chi connectivity index (χ1n) is 17.2. The van der Waals surface area contributed by atoms with E-state index in [0.29, 0.717) is 6.61 Å². The first kappa shape index (κ1) is 27.5. The average molecular weight is 627 g/mol. The zero-order chi connectivity index (χ0) is 32.4. The molecule has 10 aromatic carbocycles. The predicted molar refractivity (Wildman–Crippen MR) is 209 cm³/mol. The Labute approximate surface area is 284 Å². The van der Waals surface area contributed by atoms with Crippen LogP contribution in [0.1, 0.15) is 13.8 Å². The molecule has 0 aliphatic carbocycles. The maximum Gasteiger partial charge on any atom is 0.495 e. The molecule has 49 heavy (non-hydrogen) atoms. The molecule has 3 heteroatoms. The number of hydrogen-bond donors (Lipinski definition) is 0. The third-order valence-corrected chi connectivity index (χ3v) is 10.9. The summed E-state index contributed by atoms with van der Waals surface area (Å²) in [7, 11) is -0.393. The maximum absolute atomic E-state index is 6.44. The van der Waals surface area contributed by atoms with Gasteiger partial charge in [-0.05, 0) is 129 Å². The molecule has 0 aromatic heterocycles. The van der Waals surface area contributed by atoms with Crippen molar-refractivity contribution in [2.45, 2.75) is 19.4 Å². The van der Waals surface area contributed by atoms with Crippen molar-refractivity contribution < 1.29 is 9.31 Å². The van der Waals surface area contributed by atoms with E-state index in [4.69, 9.17) is 9.31 Å². The van der Waals surface area contributed by atoms with Crippen LogP contribution >= 0.6 is 0 Å². The Balaban J connectivity index is 1.39. The number of fused-ring (bicyclic) bond motifs is 7. The topological polar surface area (TPSA) is 18.5 Å². The highest BCUT2D eigenvalue weighted by Crippen LogP contribution is 2.53. The van der Waals surface area contributed by atoms with Gasteiger partial charge in [0.1, 0.15) is 0 Å². The van der Waals surface area contributed by atoms with E-state index in [1.807, 2.05) is 0 Å². The van der Waals surface area contributed by atoms with Gasteiger partial charge in [-0.3, -0.25) is 0 Å². The fourth-order valence-corrected chi connectivity index (χ4v) is 8.96. The Kier molecular flexibility index (Phi) is 5.49. The van der Waals surface area contributed by atoms with Gasteiger partial charge in [-0.2, -0.15) is 0 Å². The summed E-state index contributed by atoms with van der Waals surface area (Å²) in [6.07, 6.45) is 0. The minimum absolute atomic E-state index is 0.321. The van der Waals surface area contributed by atoms with E-state index in [1.165, 1.54) is 97.7 Å². The molecule has 1 aliphatic rings. The molecule has 0 radical (unpaired) electrons. The zero-order valence-corrected chi connectivity index (χ0v) is 27.4. The largest absolute Gasteiger partial charge is 0.495 e. The Morgan fingerprint density at radius 2 is 0.980 bits per heavy atom. The lowest BCUT2D eigenvalue weighted by atomic mass is 9.75. The van der Waals surface area contributed by atoms with E-state index < -0.39 is 7.12 Å². The van der Waals surface area contributed by atoms with Crippen molar-refractivity contribution in [3.05, 3.63) is 140 Å². The molecule has 0 bridgehead atoms. The molecule has 1 saturated heterocycles. The maximum atomic E-state index is 6.44. The number of rotatable bonds is 3. The fraction of sp³-hybridized carbons (Fsp3) is 0.0870. The van der Waals surface area contributed by atoms with Crippen LogP contribution in [-0.2, 0) is 9.31 Å². The summed E-state index contributed by atoms with van der Waals surface area (Å²) in [5.41, 5.74) is 5.80. The standard InChI is InChI=1S/C46H31BO2/c1-46(2)26-48-47(49-46)39-23-22-34-43-32(39)20-11-21-33(43)44-41(28-12-5-3-6-13-28)37-24-35-30-18-9-16-27-17-10-19-31(40(27)30)36(35)25-38(37)42(45(34)44)29-14-7-4-8-15-29/h3-25H,26H2,1-2H3. The van der Waals surface area contributed by atoms with E-state index in [9.17, 15) is 0 Å². The third-order valence-electron chi connectivity index (χ3n) is 10.9. The predicted octanol–water partition coefficient (Wildman–Crippen LogP) is 11.5. The van der Waals surface area contributed by atoms with Crippen molar-refractivity contribution in [1.29, 1.82) is 0 Å². The van der Waals surface area contributed by atoms with Crippen LogP contribution in [0, 0.1) is 0 Å². The van der Waals surface area contributed by atoms with Crippen molar-refractivity contribution in [3.63, 3.8) is 0 Å². The zero-order valence-electron chi connectivity index (χ0n) is 27.4. The van der Waals surface area contributed by atoms with Gasteiger partial charge in [-0.15, -0.1) is 0 Å². The van der Waals surface area contributed by atoms with Crippen LogP contribution in [0.4, 0.5) is 0 Å². The molecule has 0 saturated carbocycles. The van der Waals surface area contributed by atoms with Crippen LogP contribution in [0.15, 0.2) is 140 Å². The molecule has 2 nitrogen and oxygen atoms in total. The monoisotopic (exact) mass is 626 g/mol. The van der Waals surface area contributed by atoms with Gasteiger partial charge in [0.05, 0.1) is 12.2 Å². The molecule has 1 aliphatic heterocycles. The van der Waals surface area contributed by atoms with Crippen molar-refractivity contribution in [3.8, 4) is 22.3 Å². The Morgan fingerprint density at radius 3 is 1.55 bits per heavy atom. The summed E-state index contributed by atoms with van der Waals surface area (Å²) >= 11 is 0. The third kappa shape index (κ3) is 3.75. The summed E-state index contributed by atoms with van der Waals surface area (Å²) in [4.78, 5) is 0. The van der Waals surface area contributed by atoms with Gasteiger partial charge in [-0.1, -0.05) is 127 Å². The molecule has 10 aromatic rings. The van der Waals surface area contributed by atoms with Crippen LogP contribution in [0.5, 0.6) is 0 Å². The van der Waals surface area contributed by atoms with Gasteiger partial charge >= 0.3 is 7.12 Å². The van der Waals surface area contributed by atoms with E-state index in [-0.39, 0.29) is 5.60 Å². The first-order valence-corrected chi connectivity index (χ1v) is 17.2. The molecule has 0 amide bonds. The summed E-state index contributed by atoms with van der Waals surface area (Å²) in [5.74, 6) is 0. The molecule has 0 N–H and O–H groups in total. The lowest BCUT2D eigenvalue weighted by Gasteiger charge is -2.17. The highest BCUT2D eigenvalue weighted by atomic mass is 16.7. The molecule has 0 unspecified atom stereocenters. The lowest BCUT2D eigenvalue weighted by Crippen LogP contribution is -2.34. The molecular formula is C46H31BO2. The smallest absolute Gasteiger partial charge is 0.404 e. The Hall–Kier alpha value is -5.48. The molecular weight excluding hydrogens is 595 g/mol. The van der Waals surface area contributed by atoms with E-state index in [1.54, 1.807) is 0 Å². The normalized spacial score (nSPS) is 15.0. The van der Waals surface area contributed by atoms with Crippen LogP contribution in [0.25, 0.3) is 97.7 Å². The van der Waals surface area contributed by atoms with E-state index >= 15 is 0 Å². The lowest BCUT2D eigenvalue weighted by molar-refractivity contribution is 0.137. The highest BCUT2D eigenvalue weighted by Gasteiger charge is 2.39. The van der Waals surface area contributed by atoms with E-state index in [0.717, 1.165) is 5.46 Å². The number of hydrogen-bond acceptors (Lipinski definition) is 2. The van der Waals surface area contributed by atoms with Gasteiger partial charge < -0.3 is 9.31 Å². The van der Waals surface area contributed by atoms with E-state index in [2.05, 4.69) is 153 Å². The SMILES string of the molecule is CC1(C)COB(c2ccc3c4c(-c5ccccc5)c5cc6c(cc5c(-c5ccccc5)c4c4cccc2c43)c2cccc3cccc6c32)O1. The quantitative estimate of drug-likeness (QED) is 0.182. The second kappa shape index (κ2) is 9.79. The summed E-state index contributed by atoms with van der Waals surface area (Å²) in [6.45, 7) is 4.77. The number of benzene rings is 8. The van der Waals surface area contributed by atoms with Crippen LogP contribution in [-0.4, -0.2) is 19.3 Å². The van der Waals surface area contributed by atoms with Gasteiger partial charge in [0, 0.05) is 0 Å². The van der Waals surface area contributed by atoms with Crippen LogP contribution in [0.3, 0.4) is 0 Å². The van der Waals surface area contributed by atoms with Crippen molar-refractivity contribution in [1.82, 2.24) is 0 Å². The minimum Gasteiger partial charge on any atom is -0.404 e. The molecule has 230 valence electrons. The van der Waals surface area contributed by atoms with Crippen molar-refractivity contribution >= 4 is 88.0 Å². The summed E-state index contributed by atoms with van der Waals surface area (Å²) in [6, 6.07) is 51.8. The van der Waals surface area contributed by atoms with Crippen molar-refractivity contribution in [2.24, 2.45) is 0 Å². The minimum atomic E-state index is -0.393.